The topological polar surface area (TPSA) is 6.48 Å². The first kappa shape index (κ1) is 9.52. The predicted octanol–water partition coefficient (Wildman–Crippen LogP) is 1.45. The largest absolute Gasteiger partial charge is 0.370 e. The second-order valence-corrected chi connectivity index (χ2v) is 3.41. The first-order valence-corrected chi connectivity index (χ1v) is 4.37. The molecule has 0 aromatic carbocycles. The SMILES string of the molecule is CC(F)=C(C)N1CCN(C)CC1. The predicted molar refractivity (Wildman–Crippen MR) is 48.6 cm³/mol. The van der Waals surface area contributed by atoms with Gasteiger partial charge in [0.15, 0.2) is 0 Å². The second-order valence-electron chi connectivity index (χ2n) is 3.41. The van der Waals surface area contributed by atoms with Gasteiger partial charge >= 0.3 is 0 Å². The molecule has 0 unspecified atom stereocenters. The van der Waals surface area contributed by atoms with Gasteiger partial charge in [-0.15, -0.1) is 0 Å². The van der Waals surface area contributed by atoms with E-state index in [9.17, 15) is 4.39 Å². The van der Waals surface area contributed by atoms with E-state index in [2.05, 4.69) is 16.8 Å². The summed E-state index contributed by atoms with van der Waals surface area (Å²) in [4.78, 5) is 4.37. The first-order chi connectivity index (χ1) is 5.61. The van der Waals surface area contributed by atoms with Crippen LogP contribution in [0.4, 0.5) is 4.39 Å². The number of likely N-dealkylation sites (N-methyl/N-ethyl adjacent to an activating group) is 1. The van der Waals surface area contributed by atoms with E-state index in [-0.39, 0.29) is 5.83 Å². The molecule has 0 aromatic heterocycles. The van der Waals surface area contributed by atoms with Crippen molar-refractivity contribution in [2.75, 3.05) is 33.2 Å². The number of piperazine rings is 1. The second kappa shape index (κ2) is 3.90. The Labute approximate surface area is 73.6 Å². The quantitative estimate of drug-likeness (QED) is 0.590. The molecule has 0 bridgehead atoms. The van der Waals surface area contributed by atoms with Gasteiger partial charge < -0.3 is 9.80 Å². The zero-order valence-electron chi connectivity index (χ0n) is 8.10. The molecule has 0 atom stereocenters. The molecule has 0 saturated carbocycles. The zero-order valence-corrected chi connectivity index (χ0v) is 8.10. The Morgan fingerprint density at radius 2 is 1.58 bits per heavy atom. The van der Waals surface area contributed by atoms with Crippen molar-refractivity contribution in [2.45, 2.75) is 13.8 Å². The Morgan fingerprint density at radius 1 is 1.08 bits per heavy atom. The molecule has 1 aliphatic rings. The Morgan fingerprint density at radius 3 is 2.00 bits per heavy atom. The summed E-state index contributed by atoms with van der Waals surface area (Å²) in [6.45, 7) is 7.33. The zero-order chi connectivity index (χ0) is 9.14. The minimum atomic E-state index is -0.0560. The van der Waals surface area contributed by atoms with E-state index in [0.29, 0.717) is 0 Å². The van der Waals surface area contributed by atoms with Crippen LogP contribution in [0.1, 0.15) is 13.8 Å². The van der Waals surface area contributed by atoms with Crippen molar-refractivity contribution in [1.82, 2.24) is 9.80 Å². The summed E-state index contributed by atoms with van der Waals surface area (Å²) in [5.74, 6) is -0.0560. The van der Waals surface area contributed by atoms with Gasteiger partial charge in [-0.3, -0.25) is 0 Å². The van der Waals surface area contributed by atoms with Crippen LogP contribution in [0.5, 0.6) is 0 Å². The minimum absolute atomic E-state index is 0.0560. The van der Waals surface area contributed by atoms with Gasteiger partial charge in [-0.1, -0.05) is 0 Å². The number of rotatable bonds is 1. The molecule has 70 valence electrons. The first-order valence-electron chi connectivity index (χ1n) is 4.37. The number of halogens is 1. The highest BCUT2D eigenvalue weighted by atomic mass is 19.1. The lowest BCUT2D eigenvalue weighted by atomic mass is 10.3. The number of hydrogen-bond donors (Lipinski definition) is 0. The smallest absolute Gasteiger partial charge is 0.116 e. The van der Waals surface area contributed by atoms with E-state index in [1.54, 1.807) is 0 Å². The van der Waals surface area contributed by atoms with Gasteiger partial charge in [0.25, 0.3) is 0 Å². The summed E-state index contributed by atoms with van der Waals surface area (Å²) in [5.41, 5.74) is 0.795. The van der Waals surface area contributed by atoms with Crippen molar-refractivity contribution in [2.24, 2.45) is 0 Å². The molecule has 0 N–H and O–H groups in total. The Kier molecular flexibility index (Phi) is 3.09. The highest BCUT2D eigenvalue weighted by Gasteiger charge is 2.14. The molecule has 1 heterocycles. The minimum Gasteiger partial charge on any atom is -0.370 e. The van der Waals surface area contributed by atoms with Crippen LogP contribution in [-0.2, 0) is 0 Å². The Balaban J connectivity index is 2.50. The standard InChI is InChI=1S/C9H17FN2/c1-8(10)9(2)12-6-4-11(3)5-7-12/h4-7H2,1-3H3. The van der Waals surface area contributed by atoms with Crippen LogP contribution in [0.3, 0.4) is 0 Å². The monoisotopic (exact) mass is 172 g/mol. The highest BCUT2D eigenvalue weighted by Crippen LogP contribution is 2.12. The van der Waals surface area contributed by atoms with Crippen LogP contribution >= 0.6 is 0 Å². The van der Waals surface area contributed by atoms with Gasteiger partial charge in [0.2, 0.25) is 0 Å². The molecular weight excluding hydrogens is 155 g/mol. The summed E-state index contributed by atoms with van der Waals surface area (Å²) >= 11 is 0. The fourth-order valence-corrected chi connectivity index (χ4v) is 1.36. The van der Waals surface area contributed by atoms with Crippen molar-refractivity contribution in [3.63, 3.8) is 0 Å². The summed E-state index contributed by atoms with van der Waals surface area (Å²) in [7, 11) is 2.10. The molecule has 1 saturated heterocycles. The van der Waals surface area contributed by atoms with Crippen molar-refractivity contribution in [1.29, 1.82) is 0 Å². The molecule has 1 aliphatic heterocycles. The summed E-state index contributed by atoms with van der Waals surface area (Å²) in [6, 6.07) is 0. The van der Waals surface area contributed by atoms with E-state index < -0.39 is 0 Å². The van der Waals surface area contributed by atoms with Gasteiger partial charge in [0.1, 0.15) is 5.83 Å². The lowest BCUT2D eigenvalue weighted by Crippen LogP contribution is -2.43. The molecule has 3 heteroatoms. The number of nitrogens with zero attached hydrogens (tertiary/aromatic N) is 2. The summed E-state index contributed by atoms with van der Waals surface area (Å²) in [6.07, 6.45) is 0. The molecule has 12 heavy (non-hydrogen) atoms. The average Bonchev–Trinajstić information content (AvgIpc) is 2.04. The van der Waals surface area contributed by atoms with Crippen LogP contribution in [0, 0.1) is 0 Å². The van der Waals surface area contributed by atoms with Crippen LogP contribution in [-0.4, -0.2) is 43.0 Å². The number of allylic oxidation sites excluding steroid dienone is 2. The molecule has 0 aromatic rings. The lowest BCUT2D eigenvalue weighted by Gasteiger charge is -2.34. The van der Waals surface area contributed by atoms with Crippen molar-refractivity contribution >= 4 is 0 Å². The van der Waals surface area contributed by atoms with Crippen molar-refractivity contribution in [3.8, 4) is 0 Å². The normalized spacial score (nSPS) is 22.5. The third-order valence-electron chi connectivity index (χ3n) is 2.48. The van der Waals surface area contributed by atoms with E-state index in [4.69, 9.17) is 0 Å². The molecule has 0 spiro atoms. The molecular formula is C9H17FN2. The van der Waals surface area contributed by atoms with Crippen molar-refractivity contribution < 1.29 is 4.39 Å². The molecule has 1 fully saturated rings. The van der Waals surface area contributed by atoms with Crippen LogP contribution in [0.15, 0.2) is 11.5 Å². The van der Waals surface area contributed by atoms with Gasteiger partial charge in [-0.25, -0.2) is 4.39 Å². The molecule has 1 rings (SSSR count). The molecule has 0 amide bonds. The van der Waals surface area contributed by atoms with E-state index in [1.807, 2.05) is 6.92 Å². The third-order valence-corrected chi connectivity index (χ3v) is 2.48. The summed E-state index contributed by atoms with van der Waals surface area (Å²) < 4.78 is 12.8. The molecule has 2 nitrogen and oxygen atoms in total. The van der Waals surface area contributed by atoms with E-state index >= 15 is 0 Å². The van der Waals surface area contributed by atoms with Crippen LogP contribution in [0.25, 0.3) is 0 Å². The van der Waals surface area contributed by atoms with E-state index in [1.165, 1.54) is 6.92 Å². The maximum atomic E-state index is 12.8. The van der Waals surface area contributed by atoms with Crippen molar-refractivity contribution in [3.05, 3.63) is 11.5 Å². The molecule has 0 aliphatic carbocycles. The lowest BCUT2D eigenvalue weighted by molar-refractivity contribution is 0.183. The van der Waals surface area contributed by atoms with Gasteiger partial charge in [-0.2, -0.15) is 0 Å². The van der Waals surface area contributed by atoms with Gasteiger partial charge in [-0.05, 0) is 20.9 Å². The average molecular weight is 172 g/mol. The molecule has 0 radical (unpaired) electrons. The van der Waals surface area contributed by atoms with Gasteiger partial charge in [0.05, 0.1) is 0 Å². The fourth-order valence-electron chi connectivity index (χ4n) is 1.36. The Hall–Kier alpha value is -0.570. The van der Waals surface area contributed by atoms with E-state index in [0.717, 1.165) is 31.9 Å². The maximum absolute atomic E-state index is 12.8. The van der Waals surface area contributed by atoms with Crippen LogP contribution < -0.4 is 0 Å². The van der Waals surface area contributed by atoms with Crippen LogP contribution in [0.2, 0.25) is 0 Å². The summed E-state index contributed by atoms with van der Waals surface area (Å²) in [5, 5.41) is 0. The third kappa shape index (κ3) is 2.21. The maximum Gasteiger partial charge on any atom is 0.116 e. The Bertz CT molecular complexity index is 177. The van der Waals surface area contributed by atoms with Gasteiger partial charge in [0, 0.05) is 31.9 Å². The fraction of sp³-hybridized carbons (Fsp3) is 0.778. The highest BCUT2D eigenvalue weighted by molar-refractivity contribution is 5.02. The number of hydrogen-bond acceptors (Lipinski definition) is 2.